The molecule has 0 spiro atoms. The molecule has 0 aromatic heterocycles. The Labute approximate surface area is 103 Å². The van der Waals surface area contributed by atoms with Crippen molar-refractivity contribution in [3.63, 3.8) is 0 Å². The minimum atomic E-state index is -0.312. The van der Waals surface area contributed by atoms with Crippen LogP contribution < -0.4 is 10.6 Å². The Bertz CT molecular complexity index is 387. The van der Waals surface area contributed by atoms with Gasteiger partial charge in [0.15, 0.2) is 0 Å². The summed E-state index contributed by atoms with van der Waals surface area (Å²) in [5.41, 5.74) is 2.15. The molecule has 0 rings (SSSR count). The Morgan fingerprint density at radius 3 is 2.18 bits per heavy atom. The Morgan fingerprint density at radius 2 is 1.71 bits per heavy atom. The summed E-state index contributed by atoms with van der Waals surface area (Å²) in [5, 5.41) is 5.30. The van der Waals surface area contributed by atoms with Gasteiger partial charge in [0.05, 0.1) is 0 Å². The second kappa shape index (κ2) is 8.16. The van der Waals surface area contributed by atoms with E-state index in [9.17, 15) is 4.79 Å². The molecule has 0 radical (unpaired) electrons. The molecule has 0 bridgehead atoms. The van der Waals surface area contributed by atoms with Gasteiger partial charge in [0.1, 0.15) is 0 Å². The Balaban J connectivity index is 4.28. The third-order valence-corrected chi connectivity index (χ3v) is 1.76. The summed E-state index contributed by atoms with van der Waals surface area (Å²) in [6, 6.07) is -0.312. The molecular formula is C14H20N2O. The fourth-order valence-electron chi connectivity index (χ4n) is 0.982. The van der Waals surface area contributed by atoms with Gasteiger partial charge in [0.2, 0.25) is 0 Å². The second-order valence-corrected chi connectivity index (χ2v) is 3.53. The van der Waals surface area contributed by atoms with Crippen molar-refractivity contribution in [3.05, 3.63) is 60.5 Å². The molecular weight excluding hydrogens is 212 g/mol. The van der Waals surface area contributed by atoms with E-state index in [1.165, 1.54) is 0 Å². The lowest BCUT2D eigenvalue weighted by molar-refractivity contribution is 0.246. The molecule has 0 aromatic rings. The average molecular weight is 232 g/mol. The summed E-state index contributed by atoms with van der Waals surface area (Å²) < 4.78 is 0. The Hall–Kier alpha value is -2.03. The summed E-state index contributed by atoms with van der Waals surface area (Å²) in [6.45, 7) is 13.0. The van der Waals surface area contributed by atoms with Gasteiger partial charge in [-0.2, -0.15) is 0 Å². The van der Waals surface area contributed by atoms with Gasteiger partial charge in [0.25, 0.3) is 0 Å². The number of hydrogen-bond donors (Lipinski definition) is 2. The molecule has 0 aliphatic heterocycles. The Kier molecular flexibility index (Phi) is 7.19. The first-order chi connectivity index (χ1) is 7.99. The molecule has 0 fully saturated rings. The predicted octanol–water partition coefficient (Wildman–Crippen LogP) is 3.41. The van der Waals surface area contributed by atoms with Gasteiger partial charge in [-0.15, -0.1) is 0 Å². The highest BCUT2D eigenvalue weighted by atomic mass is 16.2. The lowest BCUT2D eigenvalue weighted by Crippen LogP contribution is -2.33. The topological polar surface area (TPSA) is 41.1 Å². The molecule has 0 atom stereocenters. The van der Waals surface area contributed by atoms with E-state index < -0.39 is 0 Å². The highest BCUT2D eigenvalue weighted by molar-refractivity contribution is 5.78. The summed E-state index contributed by atoms with van der Waals surface area (Å²) in [6.07, 6.45) is 8.96. The van der Waals surface area contributed by atoms with E-state index in [1.54, 1.807) is 12.2 Å². The minimum absolute atomic E-state index is 0.312. The second-order valence-electron chi connectivity index (χ2n) is 3.53. The van der Waals surface area contributed by atoms with Crippen molar-refractivity contribution in [2.75, 3.05) is 0 Å². The molecule has 2 amide bonds. The molecule has 0 aliphatic rings. The van der Waals surface area contributed by atoms with Gasteiger partial charge in [-0.05, 0) is 32.9 Å². The van der Waals surface area contributed by atoms with Crippen LogP contribution in [0.3, 0.4) is 0 Å². The number of allylic oxidation sites excluding steroid dienone is 6. The maximum absolute atomic E-state index is 11.5. The zero-order valence-electron chi connectivity index (χ0n) is 10.7. The van der Waals surface area contributed by atoms with E-state index in [0.717, 1.165) is 11.3 Å². The van der Waals surface area contributed by atoms with Crippen LogP contribution >= 0.6 is 0 Å². The van der Waals surface area contributed by atoms with E-state index in [1.807, 2.05) is 39.0 Å². The number of nitrogens with one attached hydrogen (secondary N) is 2. The molecule has 0 unspecified atom stereocenters. The molecule has 0 aliphatic carbocycles. The van der Waals surface area contributed by atoms with Gasteiger partial charge in [0, 0.05) is 11.4 Å². The van der Waals surface area contributed by atoms with E-state index in [0.29, 0.717) is 5.70 Å². The zero-order valence-corrected chi connectivity index (χ0v) is 10.7. The lowest BCUT2D eigenvalue weighted by Gasteiger charge is -2.07. The first-order valence-corrected chi connectivity index (χ1v) is 5.39. The number of rotatable bonds is 5. The summed E-state index contributed by atoms with van der Waals surface area (Å²) in [5.74, 6) is 0. The number of carbonyl (C=O) groups excluding carboxylic acids is 1. The molecule has 17 heavy (non-hydrogen) atoms. The van der Waals surface area contributed by atoms with E-state index in [-0.39, 0.29) is 6.03 Å². The summed E-state index contributed by atoms with van der Waals surface area (Å²) in [7, 11) is 0. The number of amides is 2. The van der Waals surface area contributed by atoms with Gasteiger partial charge in [-0.3, -0.25) is 0 Å². The van der Waals surface area contributed by atoms with Crippen LogP contribution in [0.5, 0.6) is 0 Å². The van der Waals surface area contributed by atoms with Gasteiger partial charge < -0.3 is 10.6 Å². The molecule has 92 valence electrons. The monoisotopic (exact) mass is 232 g/mol. The summed E-state index contributed by atoms with van der Waals surface area (Å²) >= 11 is 0. The standard InChI is InChI=1S/C14H20N2O/c1-6-8-13(7-2)16-14(17)15-12(5)10-9-11(3)4/h6-10H,3,5H2,1-2,4H3,(H2,15,16,17)/b8-6-,10-9-,13-7+. The van der Waals surface area contributed by atoms with E-state index >= 15 is 0 Å². The number of hydrogen-bond acceptors (Lipinski definition) is 1. The molecule has 2 N–H and O–H groups in total. The van der Waals surface area contributed by atoms with Gasteiger partial charge in [-0.1, -0.05) is 37.0 Å². The van der Waals surface area contributed by atoms with Crippen LogP contribution in [0.15, 0.2) is 60.5 Å². The maximum Gasteiger partial charge on any atom is 0.323 e. The molecule has 0 heterocycles. The SMILES string of the molecule is C=C(C)/C=C\C(=C)NC(=O)NC(/C=C\C)=C/C. The van der Waals surface area contributed by atoms with Gasteiger partial charge in [-0.25, -0.2) is 4.79 Å². The highest BCUT2D eigenvalue weighted by Crippen LogP contribution is 1.95. The summed E-state index contributed by atoms with van der Waals surface area (Å²) in [4.78, 5) is 11.5. The lowest BCUT2D eigenvalue weighted by atomic mass is 10.3. The average Bonchev–Trinajstić information content (AvgIpc) is 2.25. The minimum Gasteiger partial charge on any atom is -0.308 e. The normalized spacial score (nSPS) is 11.8. The predicted molar refractivity (Wildman–Crippen MR) is 73.3 cm³/mol. The van der Waals surface area contributed by atoms with Crippen LogP contribution in [-0.4, -0.2) is 6.03 Å². The quantitative estimate of drug-likeness (QED) is 0.701. The van der Waals surface area contributed by atoms with Crippen LogP contribution in [0.25, 0.3) is 0 Å². The smallest absolute Gasteiger partial charge is 0.308 e. The van der Waals surface area contributed by atoms with Gasteiger partial charge >= 0.3 is 6.03 Å². The van der Waals surface area contributed by atoms with Crippen molar-refractivity contribution in [1.29, 1.82) is 0 Å². The van der Waals surface area contributed by atoms with Crippen LogP contribution in [0.4, 0.5) is 4.79 Å². The third-order valence-electron chi connectivity index (χ3n) is 1.76. The fourth-order valence-corrected chi connectivity index (χ4v) is 0.982. The molecule has 0 saturated carbocycles. The number of carbonyl (C=O) groups is 1. The van der Waals surface area contributed by atoms with Crippen molar-refractivity contribution in [2.24, 2.45) is 0 Å². The molecule has 3 nitrogen and oxygen atoms in total. The first-order valence-electron chi connectivity index (χ1n) is 5.39. The van der Waals surface area contributed by atoms with E-state index in [2.05, 4.69) is 23.8 Å². The first kappa shape index (κ1) is 15.0. The van der Waals surface area contributed by atoms with Crippen molar-refractivity contribution in [1.82, 2.24) is 10.6 Å². The van der Waals surface area contributed by atoms with Crippen LogP contribution in [0, 0.1) is 0 Å². The molecule has 0 saturated heterocycles. The van der Waals surface area contributed by atoms with Crippen molar-refractivity contribution >= 4 is 6.03 Å². The number of urea groups is 1. The fraction of sp³-hybridized carbons (Fsp3) is 0.214. The third kappa shape index (κ3) is 7.85. The van der Waals surface area contributed by atoms with E-state index in [4.69, 9.17) is 0 Å². The molecule has 0 aromatic carbocycles. The van der Waals surface area contributed by atoms with Crippen LogP contribution in [-0.2, 0) is 0 Å². The Morgan fingerprint density at radius 1 is 1.06 bits per heavy atom. The molecule has 3 heteroatoms. The van der Waals surface area contributed by atoms with Crippen molar-refractivity contribution in [2.45, 2.75) is 20.8 Å². The largest absolute Gasteiger partial charge is 0.323 e. The van der Waals surface area contributed by atoms with Crippen LogP contribution in [0.2, 0.25) is 0 Å². The zero-order chi connectivity index (χ0) is 13.3. The highest BCUT2D eigenvalue weighted by Gasteiger charge is 2.00. The van der Waals surface area contributed by atoms with Crippen molar-refractivity contribution in [3.8, 4) is 0 Å². The van der Waals surface area contributed by atoms with Crippen LogP contribution in [0.1, 0.15) is 20.8 Å². The van der Waals surface area contributed by atoms with Crippen molar-refractivity contribution < 1.29 is 4.79 Å². The maximum atomic E-state index is 11.5.